The predicted molar refractivity (Wildman–Crippen MR) is 106 cm³/mol. The van der Waals surface area contributed by atoms with E-state index >= 15 is 0 Å². The second-order valence-electron chi connectivity index (χ2n) is 7.39. The van der Waals surface area contributed by atoms with Gasteiger partial charge in [0, 0.05) is 20.0 Å². The van der Waals surface area contributed by atoms with Crippen LogP contribution >= 0.6 is 0 Å². The van der Waals surface area contributed by atoms with E-state index in [2.05, 4.69) is 10.6 Å². The van der Waals surface area contributed by atoms with Crippen molar-refractivity contribution >= 4 is 23.4 Å². The number of alkyl halides is 3. The monoisotopic (exact) mass is 428 g/mol. The van der Waals surface area contributed by atoms with Crippen molar-refractivity contribution < 1.29 is 27.6 Å². The van der Waals surface area contributed by atoms with E-state index in [1.807, 2.05) is 4.90 Å². The topological polar surface area (TPSA) is 81.8 Å². The first kappa shape index (κ1) is 23.7. The number of anilines is 1. The molecule has 1 aliphatic rings. The molecule has 1 fully saturated rings. The van der Waals surface area contributed by atoms with Gasteiger partial charge in [0.1, 0.15) is 0 Å². The number of likely N-dealkylation sites (N-methyl/N-ethyl adjacent to an activating group) is 1. The van der Waals surface area contributed by atoms with E-state index < -0.39 is 23.7 Å². The number of benzene rings is 1. The van der Waals surface area contributed by atoms with Crippen LogP contribution in [0.1, 0.15) is 25.3 Å². The van der Waals surface area contributed by atoms with E-state index in [0.717, 1.165) is 6.07 Å². The number of piperidine rings is 1. The van der Waals surface area contributed by atoms with Gasteiger partial charge >= 0.3 is 6.18 Å². The van der Waals surface area contributed by atoms with Gasteiger partial charge < -0.3 is 15.5 Å². The Labute approximate surface area is 173 Å². The fraction of sp³-hybridized carbons (Fsp3) is 0.550. The first-order valence-corrected chi connectivity index (χ1v) is 9.71. The van der Waals surface area contributed by atoms with Gasteiger partial charge in [-0.05, 0) is 45.0 Å². The van der Waals surface area contributed by atoms with Crippen LogP contribution in [0.4, 0.5) is 18.9 Å². The second-order valence-corrected chi connectivity index (χ2v) is 7.39. The maximum Gasteiger partial charge on any atom is 0.418 e. The molecule has 0 bridgehead atoms. The third-order valence-corrected chi connectivity index (χ3v) is 5.32. The minimum atomic E-state index is -4.60. The molecule has 0 unspecified atom stereocenters. The van der Waals surface area contributed by atoms with Crippen LogP contribution in [-0.2, 0) is 20.6 Å². The van der Waals surface area contributed by atoms with Crippen LogP contribution in [0.5, 0.6) is 0 Å². The third kappa shape index (κ3) is 5.94. The molecule has 166 valence electrons. The van der Waals surface area contributed by atoms with Crippen LogP contribution in [-0.4, -0.2) is 67.3 Å². The highest BCUT2D eigenvalue weighted by atomic mass is 19.4. The van der Waals surface area contributed by atoms with E-state index in [1.165, 1.54) is 30.1 Å². The molecule has 1 atom stereocenters. The Bertz CT molecular complexity index is 777. The van der Waals surface area contributed by atoms with Crippen LogP contribution in [0.3, 0.4) is 0 Å². The number of nitrogens with zero attached hydrogens (tertiary/aromatic N) is 2. The Balaban J connectivity index is 1.91. The van der Waals surface area contributed by atoms with Gasteiger partial charge in [-0.25, -0.2) is 0 Å². The van der Waals surface area contributed by atoms with Crippen LogP contribution in [0.2, 0.25) is 0 Å². The Kier molecular flexibility index (Phi) is 7.83. The molecule has 1 aliphatic heterocycles. The van der Waals surface area contributed by atoms with Crippen LogP contribution < -0.4 is 10.6 Å². The lowest BCUT2D eigenvalue weighted by molar-refractivity contribution is -0.139. The van der Waals surface area contributed by atoms with Crippen LogP contribution in [0.25, 0.3) is 0 Å². The number of likely N-dealkylation sites (tertiary alicyclic amines) is 1. The van der Waals surface area contributed by atoms with Crippen molar-refractivity contribution in [3.05, 3.63) is 29.8 Å². The highest BCUT2D eigenvalue weighted by molar-refractivity contribution is 5.95. The predicted octanol–water partition coefficient (Wildman–Crippen LogP) is 1.95. The van der Waals surface area contributed by atoms with Crippen LogP contribution in [0, 0.1) is 5.92 Å². The molecule has 1 saturated heterocycles. The molecule has 3 amide bonds. The van der Waals surface area contributed by atoms with Crippen molar-refractivity contribution in [2.24, 2.45) is 5.92 Å². The van der Waals surface area contributed by atoms with E-state index in [1.54, 1.807) is 14.0 Å². The van der Waals surface area contributed by atoms with Gasteiger partial charge in [-0.15, -0.1) is 0 Å². The van der Waals surface area contributed by atoms with E-state index in [-0.39, 0.29) is 30.0 Å². The molecule has 0 spiro atoms. The Morgan fingerprint density at radius 1 is 1.20 bits per heavy atom. The summed E-state index contributed by atoms with van der Waals surface area (Å²) < 4.78 is 39.2. The third-order valence-electron chi connectivity index (χ3n) is 5.32. The highest BCUT2D eigenvalue weighted by Crippen LogP contribution is 2.34. The smallest absolute Gasteiger partial charge is 0.359 e. The second kappa shape index (κ2) is 9.92. The number of carbonyl (C=O) groups excluding carboxylic acids is 3. The molecule has 0 radical (unpaired) electrons. The zero-order chi connectivity index (χ0) is 22.5. The lowest BCUT2D eigenvalue weighted by Crippen LogP contribution is -2.51. The summed E-state index contributed by atoms with van der Waals surface area (Å²) in [7, 11) is 3.03. The van der Waals surface area contributed by atoms with E-state index in [0.29, 0.717) is 25.9 Å². The number of amides is 3. The van der Waals surface area contributed by atoms with Crippen molar-refractivity contribution in [2.75, 3.05) is 39.0 Å². The quantitative estimate of drug-likeness (QED) is 0.726. The lowest BCUT2D eigenvalue weighted by atomic mass is 9.95. The minimum absolute atomic E-state index is 0.0124. The Morgan fingerprint density at radius 3 is 2.37 bits per heavy atom. The summed E-state index contributed by atoms with van der Waals surface area (Å²) in [5.74, 6) is -1.12. The average Bonchev–Trinajstić information content (AvgIpc) is 2.71. The molecule has 1 heterocycles. The SMILES string of the molecule is CNC(=O)C1CCN([C@H](C)C(=O)N(C)CC(=O)Nc2ccccc2C(F)(F)F)CC1. The van der Waals surface area contributed by atoms with Gasteiger partial charge in [0.05, 0.1) is 23.8 Å². The molecule has 1 aromatic rings. The molecule has 7 nitrogen and oxygen atoms in total. The number of nitrogens with one attached hydrogen (secondary N) is 2. The number of carbonyl (C=O) groups is 3. The molecule has 1 aromatic carbocycles. The number of para-hydroxylation sites is 1. The van der Waals surface area contributed by atoms with E-state index in [4.69, 9.17) is 0 Å². The zero-order valence-corrected chi connectivity index (χ0v) is 17.3. The number of hydrogen-bond donors (Lipinski definition) is 2. The molecule has 0 aliphatic carbocycles. The van der Waals surface area contributed by atoms with Crippen molar-refractivity contribution in [1.82, 2.24) is 15.1 Å². The molecular weight excluding hydrogens is 401 g/mol. The van der Waals surface area contributed by atoms with Crippen molar-refractivity contribution in [2.45, 2.75) is 32.0 Å². The van der Waals surface area contributed by atoms with Gasteiger partial charge in [0.2, 0.25) is 17.7 Å². The number of halogens is 3. The molecule has 10 heteroatoms. The molecule has 0 saturated carbocycles. The summed E-state index contributed by atoms with van der Waals surface area (Å²) in [6.07, 6.45) is -3.33. The number of hydrogen-bond acceptors (Lipinski definition) is 4. The maximum absolute atomic E-state index is 13.1. The summed E-state index contributed by atoms with van der Waals surface area (Å²) in [4.78, 5) is 39.8. The Hall–Kier alpha value is -2.62. The van der Waals surface area contributed by atoms with Crippen molar-refractivity contribution in [3.63, 3.8) is 0 Å². The standard InChI is InChI=1S/C20H27F3N4O3/c1-13(27-10-8-14(9-11-27)18(29)24-2)19(30)26(3)12-17(28)25-16-7-5-4-6-15(16)20(21,22)23/h4-7,13-14H,8-12H2,1-3H3,(H,24,29)(H,25,28)/t13-/m1/s1. The summed E-state index contributed by atoms with van der Waals surface area (Å²) in [5.41, 5.74) is -1.29. The summed E-state index contributed by atoms with van der Waals surface area (Å²) >= 11 is 0. The lowest BCUT2D eigenvalue weighted by Gasteiger charge is -2.36. The van der Waals surface area contributed by atoms with Crippen molar-refractivity contribution in [3.8, 4) is 0 Å². The fourth-order valence-corrected chi connectivity index (χ4v) is 3.55. The summed E-state index contributed by atoms with van der Waals surface area (Å²) in [6, 6.07) is 4.18. The molecule has 2 N–H and O–H groups in total. The van der Waals surface area contributed by atoms with Crippen LogP contribution in [0.15, 0.2) is 24.3 Å². The Morgan fingerprint density at radius 2 is 1.80 bits per heavy atom. The first-order chi connectivity index (χ1) is 14.0. The van der Waals surface area contributed by atoms with Gasteiger partial charge in [-0.2, -0.15) is 13.2 Å². The number of rotatable bonds is 6. The normalized spacial score (nSPS) is 16.6. The zero-order valence-electron chi connectivity index (χ0n) is 17.3. The summed E-state index contributed by atoms with van der Waals surface area (Å²) in [6.45, 7) is 2.49. The minimum Gasteiger partial charge on any atom is -0.359 e. The highest BCUT2D eigenvalue weighted by Gasteiger charge is 2.34. The van der Waals surface area contributed by atoms with Gasteiger partial charge in [0.15, 0.2) is 0 Å². The summed E-state index contributed by atoms with van der Waals surface area (Å²) in [5, 5.41) is 4.86. The van der Waals surface area contributed by atoms with Gasteiger partial charge in [-0.3, -0.25) is 19.3 Å². The molecule has 2 rings (SSSR count). The average molecular weight is 428 g/mol. The molecule has 0 aromatic heterocycles. The van der Waals surface area contributed by atoms with Gasteiger partial charge in [0.25, 0.3) is 0 Å². The molecule has 30 heavy (non-hydrogen) atoms. The van der Waals surface area contributed by atoms with E-state index in [9.17, 15) is 27.6 Å². The largest absolute Gasteiger partial charge is 0.418 e. The fourth-order valence-electron chi connectivity index (χ4n) is 3.55. The first-order valence-electron chi connectivity index (χ1n) is 9.71. The molecular formula is C20H27F3N4O3. The van der Waals surface area contributed by atoms with Gasteiger partial charge in [-0.1, -0.05) is 12.1 Å². The van der Waals surface area contributed by atoms with Crippen molar-refractivity contribution in [1.29, 1.82) is 0 Å². The maximum atomic E-state index is 13.1.